The number of hydrogen-bond acceptors (Lipinski definition) is 8. The molecule has 5 rings (SSSR count). The lowest BCUT2D eigenvalue weighted by molar-refractivity contribution is -0.137. The molecule has 2 amide bonds. The van der Waals surface area contributed by atoms with E-state index in [0.717, 1.165) is 0 Å². The van der Waals surface area contributed by atoms with Crippen LogP contribution in [-0.2, 0) is 21.2 Å². The number of hydrazone groups is 2. The Morgan fingerprint density at radius 3 is 2.52 bits per heavy atom. The number of benzene rings is 2. The number of hydrogen-bond donors (Lipinski definition) is 1. The summed E-state index contributed by atoms with van der Waals surface area (Å²) < 4.78 is 80.2. The van der Waals surface area contributed by atoms with Crippen molar-refractivity contribution in [2.45, 2.75) is 44.2 Å². The third kappa shape index (κ3) is 5.40. The Balaban J connectivity index is 1.20. The molecule has 2 aliphatic heterocycles. The molecular formula is C27H24F5N5O4S. The molecule has 1 atom stereocenters. The molecule has 222 valence electrons. The average molecular weight is 610 g/mol. The molecule has 0 bridgehead atoms. The van der Waals surface area contributed by atoms with Crippen LogP contribution in [0.25, 0.3) is 10.2 Å². The zero-order valence-electron chi connectivity index (χ0n) is 22.3. The van der Waals surface area contributed by atoms with Gasteiger partial charge in [0.25, 0.3) is 5.91 Å². The van der Waals surface area contributed by atoms with Crippen molar-refractivity contribution in [3.8, 4) is 11.5 Å². The second-order valence-corrected chi connectivity index (χ2v) is 10.8. The van der Waals surface area contributed by atoms with Crippen molar-refractivity contribution in [2.24, 2.45) is 10.2 Å². The van der Waals surface area contributed by atoms with Crippen LogP contribution >= 0.6 is 11.3 Å². The molecule has 3 heterocycles. The number of unbranched alkanes of at least 4 members (excludes halogenated alkanes) is 1. The number of rotatable bonds is 9. The summed E-state index contributed by atoms with van der Waals surface area (Å²) >= 11 is 0.437. The fourth-order valence-electron chi connectivity index (χ4n) is 4.66. The van der Waals surface area contributed by atoms with Gasteiger partial charge in [0.15, 0.2) is 16.6 Å². The van der Waals surface area contributed by atoms with Crippen molar-refractivity contribution in [3.63, 3.8) is 0 Å². The van der Waals surface area contributed by atoms with Gasteiger partial charge in [-0.2, -0.15) is 27.8 Å². The molecule has 0 radical (unpaired) electrons. The predicted molar refractivity (Wildman–Crippen MR) is 144 cm³/mol. The largest absolute Gasteiger partial charge is 0.494 e. The van der Waals surface area contributed by atoms with E-state index in [-0.39, 0.29) is 64.9 Å². The van der Waals surface area contributed by atoms with Crippen LogP contribution in [0, 0.1) is 11.6 Å². The molecule has 42 heavy (non-hydrogen) atoms. The van der Waals surface area contributed by atoms with Crippen LogP contribution in [0.5, 0.6) is 11.5 Å². The van der Waals surface area contributed by atoms with Crippen molar-refractivity contribution >= 4 is 45.3 Å². The topological polar surface area (TPSA) is 105 Å². The van der Waals surface area contributed by atoms with Crippen LogP contribution in [-0.4, -0.2) is 54.0 Å². The van der Waals surface area contributed by atoms with Gasteiger partial charge in [-0.05, 0) is 43.5 Å². The molecule has 0 aliphatic carbocycles. The number of alkyl halides is 3. The summed E-state index contributed by atoms with van der Waals surface area (Å²) in [4.78, 5) is 28.3. The highest BCUT2D eigenvalue weighted by atomic mass is 32.1. The normalized spacial score (nSPS) is 18.9. The molecule has 9 nitrogen and oxygen atoms in total. The maximum Gasteiger partial charge on any atom is 0.443 e. The lowest BCUT2D eigenvalue weighted by atomic mass is 9.83. The number of carbonyl (C=O) groups is 2. The zero-order chi connectivity index (χ0) is 30.2. The maximum absolute atomic E-state index is 14.6. The molecular weight excluding hydrogens is 585 g/mol. The molecule has 0 spiro atoms. The zero-order valence-corrected chi connectivity index (χ0v) is 23.2. The van der Waals surface area contributed by atoms with E-state index in [2.05, 4.69) is 20.6 Å². The number of amides is 2. The van der Waals surface area contributed by atoms with Crippen LogP contribution in [0.3, 0.4) is 0 Å². The minimum absolute atomic E-state index is 0.0144. The minimum Gasteiger partial charge on any atom is -0.494 e. The molecule has 1 N–H and O–H groups in total. The van der Waals surface area contributed by atoms with Crippen molar-refractivity contribution < 1.29 is 41.0 Å². The van der Waals surface area contributed by atoms with Crippen LogP contribution in [0.2, 0.25) is 0 Å². The number of fused-ring (bicyclic) bond motifs is 1. The fourth-order valence-corrected chi connectivity index (χ4v) is 5.74. The second kappa shape index (κ2) is 11.3. The summed E-state index contributed by atoms with van der Waals surface area (Å²) in [7, 11) is 1.32. The SMILES string of the molecule is COc1ccc(C2(C)C=NN(CCCCOc3ccc(C4=NNC(=O)CC4)c(F)c3F)C2=O)c2sc(C(F)(F)F)nc12. The second-order valence-electron chi connectivity index (χ2n) is 9.77. The summed E-state index contributed by atoms with van der Waals surface area (Å²) in [6.45, 7) is 1.77. The van der Waals surface area contributed by atoms with Gasteiger partial charge in [0.05, 0.1) is 24.1 Å². The number of carbonyl (C=O) groups excluding carboxylic acids is 2. The summed E-state index contributed by atoms with van der Waals surface area (Å²) in [5.74, 6) is -3.17. The van der Waals surface area contributed by atoms with E-state index in [0.29, 0.717) is 29.7 Å². The van der Waals surface area contributed by atoms with Crippen molar-refractivity contribution in [1.29, 1.82) is 0 Å². The first-order valence-corrected chi connectivity index (χ1v) is 13.6. The average Bonchev–Trinajstić information content (AvgIpc) is 3.54. The Labute approximate surface area is 240 Å². The molecule has 0 saturated carbocycles. The smallest absolute Gasteiger partial charge is 0.443 e. The van der Waals surface area contributed by atoms with Crippen molar-refractivity contribution in [2.75, 3.05) is 20.3 Å². The quantitative estimate of drug-likeness (QED) is 0.267. The van der Waals surface area contributed by atoms with E-state index in [1.807, 2.05) is 0 Å². The van der Waals surface area contributed by atoms with Crippen LogP contribution in [0.4, 0.5) is 22.0 Å². The van der Waals surface area contributed by atoms with Gasteiger partial charge in [0.1, 0.15) is 16.7 Å². The van der Waals surface area contributed by atoms with E-state index < -0.39 is 34.1 Å². The van der Waals surface area contributed by atoms with Crippen LogP contribution in [0.15, 0.2) is 34.5 Å². The molecule has 2 aliphatic rings. The van der Waals surface area contributed by atoms with Crippen LogP contribution in [0.1, 0.15) is 48.7 Å². The minimum atomic E-state index is -4.66. The fraction of sp³-hybridized carbons (Fsp3) is 0.370. The van der Waals surface area contributed by atoms with Crippen molar-refractivity contribution in [1.82, 2.24) is 15.4 Å². The maximum atomic E-state index is 14.6. The summed E-state index contributed by atoms with van der Waals surface area (Å²) in [6, 6.07) is 5.63. The van der Waals surface area contributed by atoms with Gasteiger partial charge in [-0.3, -0.25) is 9.59 Å². The highest BCUT2D eigenvalue weighted by Gasteiger charge is 2.44. The highest BCUT2D eigenvalue weighted by molar-refractivity contribution is 7.19. The standard InChI is InChI=1S/C27H24F5N5O4S/c1-26(15-6-9-18(40-2)22-23(15)42-24(34-22)27(30,31)32)13-33-37(25(26)39)11-3-4-12-41-17-8-5-14(20(28)21(17)29)16-7-10-19(38)36-35-16/h5-6,8-9,13H,3-4,7,10-12H2,1-2H3,(H,36,38). The lowest BCUT2D eigenvalue weighted by Crippen LogP contribution is -2.38. The van der Waals surface area contributed by atoms with Crippen molar-refractivity contribution in [3.05, 3.63) is 52.0 Å². The number of halogens is 5. The van der Waals surface area contributed by atoms with Gasteiger partial charge in [0, 0.05) is 31.2 Å². The summed E-state index contributed by atoms with van der Waals surface area (Å²) in [6.07, 6.45) is -2.20. The molecule has 15 heteroatoms. The molecule has 1 aromatic heterocycles. The third-order valence-electron chi connectivity index (χ3n) is 6.95. The molecule has 3 aromatic rings. The Hall–Kier alpha value is -4.14. The first-order chi connectivity index (χ1) is 19.9. The molecule has 0 fully saturated rings. The monoisotopic (exact) mass is 609 g/mol. The number of aromatic nitrogens is 1. The first-order valence-electron chi connectivity index (χ1n) is 12.8. The van der Waals surface area contributed by atoms with Gasteiger partial charge in [0.2, 0.25) is 11.7 Å². The Morgan fingerprint density at radius 1 is 1.07 bits per heavy atom. The van der Waals surface area contributed by atoms with E-state index >= 15 is 0 Å². The summed E-state index contributed by atoms with van der Waals surface area (Å²) in [5, 5.41) is 8.15. The molecule has 1 unspecified atom stereocenters. The van der Waals surface area contributed by atoms with Gasteiger partial charge in [-0.25, -0.2) is 19.8 Å². The predicted octanol–water partition coefficient (Wildman–Crippen LogP) is 5.16. The molecule has 0 saturated heterocycles. The number of thiazole rings is 1. The van der Waals surface area contributed by atoms with Gasteiger partial charge in [-0.15, -0.1) is 11.3 Å². The Kier molecular flexibility index (Phi) is 7.88. The summed E-state index contributed by atoms with van der Waals surface area (Å²) in [5.41, 5.74) is 1.42. The third-order valence-corrected chi connectivity index (χ3v) is 8.08. The van der Waals surface area contributed by atoms with E-state index in [1.165, 1.54) is 42.6 Å². The first kappa shape index (κ1) is 29.4. The van der Waals surface area contributed by atoms with Gasteiger partial charge >= 0.3 is 6.18 Å². The lowest BCUT2D eigenvalue weighted by Gasteiger charge is -2.23. The van der Waals surface area contributed by atoms with E-state index in [1.54, 1.807) is 6.92 Å². The Bertz CT molecular complexity index is 1620. The van der Waals surface area contributed by atoms with Gasteiger partial charge in [-0.1, -0.05) is 6.07 Å². The number of nitrogens with one attached hydrogen (secondary N) is 1. The van der Waals surface area contributed by atoms with E-state index in [9.17, 15) is 31.5 Å². The van der Waals surface area contributed by atoms with Gasteiger partial charge < -0.3 is 9.47 Å². The highest BCUT2D eigenvalue weighted by Crippen LogP contribution is 2.44. The molecule has 2 aromatic carbocycles. The van der Waals surface area contributed by atoms with Crippen LogP contribution < -0.4 is 14.9 Å². The number of ether oxygens (including phenoxy) is 2. The number of nitrogens with zero attached hydrogens (tertiary/aromatic N) is 4. The Morgan fingerprint density at radius 2 is 1.83 bits per heavy atom. The number of methoxy groups -OCH3 is 1. The van der Waals surface area contributed by atoms with E-state index in [4.69, 9.17) is 9.47 Å².